The Hall–Kier alpha value is -1.24. The van der Waals surface area contributed by atoms with Crippen LogP contribution >= 0.6 is 0 Å². The van der Waals surface area contributed by atoms with Crippen molar-refractivity contribution in [1.29, 1.82) is 0 Å². The summed E-state index contributed by atoms with van der Waals surface area (Å²) >= 11 is 0. The lowest BCUT2D eigenvalue weighted by atomic mass is 10.1. The molecule has 72 valence electrons. The Morgan fingerprint density at radius 3 is 2.38 bits per heavy atom. The van der Waals surface area contributed by atoms with Crippen molar-refractivity contribution >= 4 is 0 Å². The highest BCUT2D eigenvalue weighted by molar-refractivity contribution is 5.21. The fourth-order valence-corrected chi connectivity index (χ4v) is 0.892. The van der Waals surface area contributed by atoms with Gasteiger partial charge < -0.3 is 4.90 Å². The van der Waals surface area contributed by atoms with Crippen LogP contribution < -0.4 is 0 Å². The molecule has 0 amide bonds. The van der Waals surface area contributed by atoms with E-state index in [9.17, 15) is 0 Å². The Morgan fingerprint density at radius 2 is 2.00 bits per heavy atom. The van der Waals surface area contributed by atoms with Crippen LogP contribution in [0.15, 0.2) is 49.2 Å². The maximum absolute atomic E-state index is 3.87. The van der Waals surface area contributed by atoms with Gasteiger partial charge in [-0.25, -0.2) is 0 Å². The van der Waals surface area contributed by atoms with Gasteiger partial charge in [-0.05, 0) is 18.9 Å². The van der Waals surface area contributed by atoms with E-state index in [1.807, 2.05) is 26.1 Å². The maximum atomic E-state index is 3.87. The minimum Gasteiger partial charge on any atom is -0.378 e. The summed E-state index contributed by atoms with van der Waals surface area (Å²) in [5.41, 5.74) is 2.30. The first-order chi connectivity index (χ1) is 6.11. The van der Waals surface area contributed by atoms with Gasteiger partial charge in [0.15, 0.2) is 0 Å². The van der Waals surface area contributed by atoms with Gasteiger partial charge in [-0.2, -0.15) is 0 Å². The van der Waals surface area contributed by atoms with Crippen molar-refractivity contribution in [2.75, 3.05) is 13.6 Å². The lowest BCUT2D eigenvalue weighted by Gasteiger charge is -2.18. The van der Waals surface area contributed by atoms with E-state index in [1.54, 1.807) is 6.08 Å². The highest BCUT2D eigenvalue weighted by Gasteiger charge is 1.97. The summed E-state index contributed by atoms with van der Waals surface area (Å²) in [5.74, 6) is 0. The second-order valence-corrected chi connectivity index (χ2v) is 3.09. The lowest BCUT2D eigenvalue weighted by molar-refractivity contribution is 0.426. The van der Waals surface area contributed by atoms with Crippen molar-refractivity contribution in [3.05, 3.63) is 49.2 Å². The number of nitrogens with zero attached hydrogens (tertiary/aromatic N) is 1. The fourth-order valence-electron chi connectivity index (χ4n) is 0.892. The number of allylic oxidation sites excluding steroid dienone is 4. The molecule has 0 aromatic rings. The first-order valence-electron chi connectivity index (χ1n) is 4.42. The Labute approximate surface area is 81.8 Å². The summed E-state index contributed by atoms with van der Waals surface area (Å²) in [5, 5.41) is 0. The second-order valence-electron chi connectivity index (χ2n) is 3.09. The molecule has 0 fully saturated rings. The SMILES string of the molecule is C=C/C=C(\C=C)CCN(C)C(=C)C. The van der Waals surface area contributed by atoms with Crippen LogP contribution in [0.4, 0.5) is 0 Å². The normalized spacial score (nSPS) is 10.8. The molecule has 0 aliphatic carbocycles. The van der Waals surface area contributed by atoms with Crippen molar-refractivity contribution < 1.29 is 0 Å². The van der Waals surface area contributed by atoms with Gasteiger partial charge in [-0.3, -0.25) is 0 Å². The molecule has 0 saturated carbocycles. The van der Waals surface area contributed by atoms with E-state index in [0.717, 1.165) is 18.7 Å². The van der Waals surface area contributed by atoms with E-state index < -0.39 is 0 Å². The van der Waals surface area contributed by atoms with Gasteiger partial charge in [0, 0.05) is 19.3 Å². The summed E-state index contributed by atoms with van der Waals surface area (Å²) in [6.45, 7) is 14.2. The summed E-state index contributed by atoms with van der Waals surface area (Å²) in [7, 11) is 2.04. The molecule has 13 heavy (non-hydrogen) atoms. The summed E-state index contributed by atoms with van der Waals surface area (Å²) in [6.07, 6.45) is 6.63. The molecule has 1 heteroatoms. The molecule has 0 atom stereocenters. The van der Waals surface area contributed by atoms with Gasteiger partial charge in [0.25, 0.3) is 0 Å². The molecular formula is C12H19N. The third-order valence-corrected chi connectivity index (χ3v) is 1.98. The molecule has 0 spiro atoms. The van der Waals surface area contributed by atoms with Crippen molar-refractivity contribution in [1.82, 2.24) is 4.90 Å². The quantitative estimate of drug-likeness (QED) is 0.563. The standard InChI is InChI=1S/C12H19N/c1-6-8-12(7-2)9-10-13(5)11(3)4/h6-8H,1-3,9-10H2,4-5H3/b12-8+. The van der Waals surface area contributed by atoms with E-state index in [1.165, 1.54) is 5.57 Å². The summed E-state index contributed by atoms with van der Waals surface area (Å²) in [6, 6.07) is 0. The van der Waals surface area contributed by atoms with Crippen LogP contribution in [0.3, 0.4) is 0 Å². The zero-order valence-electron chi connectivity index (χ0n) is 8.71. The predicted molar refractivity (Wildman–Crippen MR) is 60.5 cm³/mol. The van der Waals surface area contributed by atoms with Crippen LogP contribution in [0.1, 0.15) is 13.3 Å². The third-order valence-electron chi connectivity index (χ3n) is 1.98. The Morgan fingerprint density at radius 1 is 1.38 bits per heavy atom. The number of hydrogen-bond donors (Lipinski definition) is 0. The van der Waals surface area contributed by atoms with Gasteiger partial charge in [0.2, 0.25) is 0 Å². The molecule has 0 heterocycles. The van der Waals surface area contributed by atoms with Gasteiger partial charge in [-0.1, -0.05) is 38.0 Å². The average Bonchev–Trinajstić information content (AvgIpc) is 2.11. The van der Waals surface area contributed by atoms with Crippen molar-refractivity contribution in [2.24, 2.45) is 0 Å². The topological polar surface area (TPSA) is 3.24 Å². The molecular weight excluding hydrogens is 158 g/mol. The van der Waals surface area contributed by atoms with Gasteiger partial charge >= 0.3 is 0 Å². The fraction of sp³-hybridized carbons (Fsp3) is 0.333. The van der Waals surface area contributed by atoms with Crippen molar-refractivity contribution in [3.63, 3.8) is 0 Å². The average molecular weight is 177 g/mol. The van der Waals surface area contributed by atoms with Crippen LogP contribution in [0.25, 0.3) is 0 Å². The van der Waals surface area contributed by atoms with Crippen LogP contribution in [-0.4, -0.2) is 18.5 Å². The zero-order valence-corrected chi connectivity index (χ0v) is 8.71. The smallest absolute Gasteiger partial charge is 0.0211 e. The van der Waals surface area contributed by atoms with Gasteiger partial charge in [0.1, 0.15) is 0 Å². The van der Waals surface area contributed by atoms with Crippen LogP contribution in [0.2, 0.25) is 0 Å². The van der Waals surface area contributed by atoms with Crippen LogP contribution in [0.5, 0.6) is 0 Å². The largest absolute Gasteiger partial charge is 0.378 e. The molecule has 0 aromatic carbocycles. The summed E-state index contributed by atoms with van der Waals surface area (Å²) < 4.78 is 0. The highest BCUT2D eigenvalue weighted by Crippen LogP contribution is 2.06. The van der Waals surface area contributed by atoms with E-state index in [2.05, 4.69) is 24.6 Å². The van der Waals surface area contributed by atoms with Crippen molar-refractivity contribution in [2.45, 2.75) is 13.3 Å². The molecule has 0 aliphatic heterocycles. The molecule has 0 aromatic heterocycles. The summed E-state index contributed by atoms with van der Waals surface area (Å²) in [4.78, 5) is 2.13. The van der Waals surface area contributed by atoms with Crippen LogP contribution in [0, 0.1) is 0 Å². The zero-order chi connectivity index (χ0) is 10.3. The second kappa shape index (κ2) is 6.30. The Bertz CT molecular complexity index is 223. The minimum absolute atomic E-state index is 0.973. The van der Waals surface area contributed by atoms with Gasteiger partial charge in [0.05, 0.1) is 0 Å². The molecule has 0 rings (SSSR count). The van der Waals surface area contributed by atoms with Crippen molar-refractivity contribution in [3.8, 4) is 0 Å². The minimum atomic E-state index is 0.973. The lowest BCUT2D eigenvalue weighted by Crippen LogP contribution is -2.16. The first kappa shape index (κ1) is 11.8. The monoisotopic (exact) mass is 177 g/mol. The number of rotatable bonds is 6. The van der Waals surface area contributed by atoms with E-state index in [0.29, 0.717) is 0 Å². The Kier molecular flexibility index (Phi) is 5.69. The predicted octanol–water partition coefficient (Wildman–Crippen LogP) is 3.14. The molecule has 0 N–H and O–H groups in total. The third kappa shape index (κ3) is 5.07. The molecule has 0 bridgehead atoms. The van der Waals surface area contributed by atoms with Crippen LogP contribution in [-0.2, 0) is 0 Å². The maximum Gasteiger partial charge on any atom is 0.0211 e. The Balaban J connectivity index is 3.99. The van der Waals surface area contributed by atoms with E-state index >= 15 is 0 Å². The highest BCUT2D eigenvalue weighted by atomic mass is 15.1. The number of hydrogen-bond acceptors (Lipinski definition) is 1. The van der Waals surface area contributed by atoms with E-state index in [-0.39, 0.29) is 0 Å². The molecule has 0 aliphatic rings. The molecule has 0 unspecified atom stereocenters. The molecule has 1 nitrogen and oxygen atoms in total. The van der Waals surface area contributed by atoms with Gasteiger partial charge in [-0.15, -0.1) is 0 Å². The molecule has 0 radical (unpaired) electrons. The van der Waals surface area contributed by atoms with E-state index in [4.69, 9.17) is 0 Å². The first-order valence-corrected chi connectivity index (χ1v) is 4.42. The molecule has 0 saturated heterocycles.